The van der Waals surface area contributed by atoms with Gasteiger partial charge in [0.2, 0.25) is 5.91 Å². The summed E-state index contributed by atoms with van der Waals surface area (Å²) in [6.07, 6.45) is 3.42. The molecule has 3 unspecified atom stereocenters. The number of rotatable bonds is 5. The Morgan fingerprint density at radius 1 is 1.45 bits per heavy atom. The topological polar surface area (TPSA) is 69.6 Å². The van der Waals surface area contributed by atoms with E-state index in [1.54, 1.807) is 16.7 Å². The van der Waals surface area contributed by atoms with Gasteiger partial charge in [0.25, 0.3) is 0 Å². The molecule has 0 bridgehead atoms. The van der Waals surface area contributed by atoms with Crippen LogP contribution in [0.3, 0.4) is 0 Å². The van der Waals surface area contributed by atoms with Crippen LogP contribution in [-0.4, -0.2) is 52.1 Å². The van der Waals surface area contributed by atoms with Gasteiger partial charge in [0.15, 0.2) is 0 Å². The smallest absolute Gasteiger partial charge is 0.327 e. The molecule has 1 amide bonds. The minimum absolute atomic E-state index is 0.0256. The van der Waals surface area contributed by atoms with Gasteiger partial charge in [-0.3, -0.25) is 4.79 Å². The number of carbonyl (C=O) groups excluding carboxylic acids is 1. The highest BCUT2D eigenvalue weighted by Crippen LogP contribution is 2.39. The largest absolute Gasteiger partial charge is 0.480 e. The zero-order valence-electron chi connectivity index (χ0n) is 12.2. The molecule has 2 N–H and O–H groups in total. The quantitative estimate of drug-likeness (QED) is 0.806. The summed E-state index contributed by atoms with van der Waals surface area (Å²) >= 11 is 1.61. The molecule has 0 aromatic heterocycles. The first kappa shape index (κ1) is 15.6. The molecular weight excluding hydrogens is 276 g/mol. The maximum atomic E-state index is 13.0. The molecule has 0 spiro atoms. The third-order valence-corrected chi connectivity index (χ3v) is 5.88. The first-order valence-electron chi connectivity index (χ1n) is 7.43. The van der Waals surface area contributed by atoms with Crippen LogP contribution in [0.2, 0.25) is 0 Å². The van der Waals surface area contributed by atoms with Crippen LogP contribution in [0.1, 0.15) is 39.5 Å². The summed E-state index contributed by atoms with van der Waals surface area (Å²) in [6, 6.07) is -0.659. The van der Waals surface area contributed by atoms with Crippen LogP contribution in [0, 0.1) is 5.41 Å². The van der Waals surface area contributed by atoms with Crippen molar-refractivity contribution in [3.63, 3.8) is 0 Å². The van der Waals surface area contributed by atoms with E-state index in [-0.39, 0.29) is 11.3 Å². The maximum absolute atomic E-state index is 13.0. The van der Waals surface area contributed by atoms with Crippen LogP contribution in [0.5, 0.6) is 0 Å². The van der Waals surface area contributed by atoms with E-state index in [1.807, 2.05) is 6.92 Å². The van der Waals surface area contributed by atoms with Crippen LogP contribution in [0.15, 0.2) is 0 Å². The molecule has 6 heteroatoms. The number of carbonyl (C=O) groups is 2. The third-order valence-electron chi connectivity index (χ3n) is 4.52. The third kappa shape index (κ3) is 2.68. The second kappa shape index (κ2) is 6.35. The molecule has 0 radical (unpaired) electrons. The number of hydrogen-bond donors (Lipinski definition) is 2. The van der Waals surface area contributed by atoms with Crippen molar-refractivity contribution in [1.82, 2.24) is 10.2 Å². The van der Waals surface area contributed by atoms with E-state index in [9.17, 15) is 14.7 Å². The fourth-order valence-corrected chi connectivity index (χ4v) is 4.66. The van der Waals surface area contributed by atoms with E-state index in [1.165, 1.54) is 0 Å². The standard InChI is InChI=1S/C14H24N2O3S/c1-3-5-11-16(10(8-20-11)12(17)18)13(19)14(4-2)6-7-15-9-14/h10-11,15H,3-9H2,1-2H3,(H,17,18). The molecule has 0 aromatic carbocycles. The van der Waals surface area contributed by atoms with Crippen molar-refractivity contribution in [3.05, 3.63) is 0 Å². The molecule has 5 nitrogen and oxygen atoms in total. The van der Waals surface area contributed by atoms with Gasteiger partial charge < -0.3 is 15.3 Å². The molecule has 2 aliphatic heterocycles. The predicted octanol–water partition coefficient (Wildman–Crippen LogP) is 1.53. The summed E-state index contributed by atoms with van der Waals surface area (Å²) in [5, 5.41) is 12.7. The first-order valence-corrected chi connectivity index (χ1v) is 8.48. The van der Waals surface area contributed by atoms with Crippen LogP contribution in [-0.2, 0) is 9.59 Å². The van der Waals surface area contributed by atoms with E-state index in [4.69, 9.17) is 0 Å². The van der Waals surface area contributed by atoms with Gasteiger partial charge in [-0.1, -0.05) is 20.3 Å². The summed E-state index contributed by atoms with van der Waals surface area (Å²) in [5.74, 6) is -0.318. The van der Waals surface area contributed by atoms with E-state index in [0.717, 1.165) is 32.2 Å². The van der Waals surface area contributed by atoms with E-state index in [0.29, 0.717) is 12.3 Å². The summed E-state index contributed by atoms with van der Waals surface area (Å²) < 4.78 is 0. The van der Waals surface area contributed by atoms with Gasteiger partial charge in [0.1, 0.15) is 6.04 Å². The van der Waals surface area contributed by atoms with Gasteiger partial charge in [-0.05, 0) is 25.8 Å². The number of nitrogens with one attached hydrogen (secondary N) is 1. The Morgan fingerprint density at radius 2 is 2.20 bits per heavy atom. The molecule has 3 atom stereocenters. The Morgan fingerprint density at radius 3 is 2.70 bits per heavy atom. The van der Waals surface area contributed by atoms with Gasteiger partial charge >= 0.3 is 5.97 Å². The Kier molecular flexibility index (Phi) is 4.96. The number of aliphatic carboxylic acids is 1. The van der Waals surface area contributed by atoms with Crippen molar-refractivity contribution in [2.24, 2.45) is 5.41 Å². The maximum Gasteiger partial charge on any atom is 0.327 e. The second-order valence-electron chi connectivity index (χ2n) is 5.70. The molecule has 2 fully saturated rings. The highest BCUT2D eigenvalue weighted by Gasteiger charge is 2.49. The lowest BCUT2D eigenvalue weighted by atomic mass is 9.82. The van der Waals surface area contributed by atoms with Gasteiger partial charge in [-0.2, -0.15) is 0 Å². The predicted molar refractivity (Wildman–Crippen MR) is 79.6 cm³/mol. The lowest BCUT2D eigenvalue weighted by molar-refractivity contribution is -0.154. The summed E-state index contributed by atoms with van der Waals surface area (Å²) in [7, 11) is 0. The number of amides is 1. The van der Waals surface area contributed by atoms with E-state index in [2.05, 4.69) is 12.2 Å². The number of hydrogen-bond acceptors (Lipinski definition) is 4. The molecule has 0 aromatic rings. The number of carboxylic acid groups (broad SMARTS) is 1. The van der Waals surface area contributed by atoms with Crippen molar-refractivity contribution < 1.29 is 14.7 Å². The molecule has 2 aliphatic rings. The molecule has 2 rings (SSSR count). The summed E-state index contributed by atoms with van der Waals surface area (Å²) in [5.41, 5.74) is -0.398. The molecule has 2 heterocycles. The van der Waals surface area contributed by atoms with Crippen molar-refractivity contribution in [1.29, 1.82) is 0 Å². The second-order valence-corrected chi connectivity index (χ2v) is 6.91. The van der Waals surface area contributed by atoms with Crippen molar-refractivity contribution in [3.8, 4) is 0 Å². The first-order chi connectivity index (χ1) is 9.55. The van der Waals surface area contributed by atoms with Crippen LogP contribution < -0.4 is 5.32 Å². The number of nitrogens with zero attached hydrogens (tertiary/aromatic N) is 1. The summed E-state index contributed by atoms with van der Waals surface area (Å²) in [6.45, 7) is 5.62. The van der Waals surface area contributed by atoms with Gasteiger partial charge in [0.05, 0.1) is 10.8 Å². The Bertz CT molecular complexity index is 383. The lowest BCUT2D eigenvalue weighted by Gasteiger charge is -2.36. The minimum Gasteiger partial charge on any atom is -0.480 e. The fourth-order valence-electron chi connectivity index (χ4n) is 3.15. The van der Waals surface area contributed by atoms with Crippen molar-refractivity contribution >= 4 is 23.6 Å². The van der Waals surface area contributed by atoms with Gasteiger partial charge in [-0.15, -0.1) is 11.8 Å². The Balaban J connectivity index is 2.24. The molecule has 114 valence electrons. The Labute approximate surface area is 124 Å². The molecule has 0 saturated carbocycles. The zero-order chi connectivity index (χ0) is 14.8. The van der Waals surface area contributed by atoms with Gasteiger partial charge in [-0.25, -0.2) is 4.79 Å². The molecule has 2 saturated heterocycles. The molecular formula is C14H24N2O3S. The van der Waals surface area contributed by atoms with E-state index >= 15 is 0 Å². The molecule has 20 heavy (non-hydrogen) atoms. The van der Waals surface area contributed by atoms with Crippen LogP contribution in [0.4, 0.5) is 0 Å². The zero-order valence-corrected chi connectivity index (χ0v) is 13.0. The number of carboxylic acids is 1. The van der Waals surface area contributed by atoms with Crippen molar-refractivity contribution in [2.45, 2.75) is 50.9 Å². The average molecular weight is 300 g/mol. The fraction of sp³-hybridized carbons (Fsp3) is 0.857. The SMILES string of the molecule is CCCC1SCC(C(=O)O)N1C(=O)C1(CC)CCNC1. The summed E-state index contributed by atoms with van der Waals surface area (Å²) in [4.78, 5) is 26.1. The van der Waals surface area contributed by atoms with Crippen LogP contribution >= 0.6 is 11.8 Å². The number of thioether (sulfide) groups is 1. The van der Waals surface area contributed by atoms with E-state index < -0.39 is 17.4 Å². The highest BCUT2D eigenvalue weighted by atomic mass is 32.2. The average Bonchev–Trinajstić information content (AvgIpc) is 3.05. The lowest BCUT2D eigenvalue weighted by Crippen LogP contribution is -2.52. The highest BCUT2D eigenvalue weighted by molar-refractivity contribution is 8.00. The van der Waals surface area contributed by atoms with Crippen LogP contribution in [0.25, 0.3) is 0 Å². The van der Waals surface area contributed by atoms with Gasteiger partial charge in [0, 0.05) is 12.3 Å². The van der Waals surface area contributed by atoms with Crippen molar-refractivity contribution in [2.75, 3.05) is 18.8 Å². The minimum atomic E-state index is -0.873. The Hall–Kier alpha value is -0.750. The monoisotopic (exact) mass is 300 g/mol. The normalized spacial score (nSPS) is 33.6. The molecule has 0 aliphatic carbocycles.